The summed E-state index contributed by atoms with van der Waals surface area (Å²) in [6, 6.07) is 10.0. The summed E-state index contributed by atoms with van der Waals surface area (Å²) < 4.78 is 5.79. The quantitative estimate of drug-likeness (QED) is 0.890. The van der Waals surface area contributed by atoms with Crippen LogP contribution in [0.15, 0.2) is 34.7 Å². The Kier molecular flexibility index (Phi) is 5.34. The first-order valence-corrected chi connectivity index (χ1v) is 8.66. The Hall–Kier alpha value is -1.81. The number of furan rings is 1. The lowest BCUT2D eigenvalue weighted by atomic mass is 9.93. The van der Waals surface area contributed by atoms with Crippen LogP contribution in [-0.2, 0) is 11.2 Å². The zero-order valence-corrected chi connectivity index (χ0v) is 13.9. The lowest BCUT2D eigenvalue weighted by Crippen LogP contribution is -2.39. The molecule has 1 aliphatic rings. The van der Waals surface area contributed by atoms with Crippen LogP contribution < -0.4 is 5.32 Å². The number of nitrogens with one attached hydrogen (secondary N) is 1. The van der Waals surface area contributed by atoms with Crippen molar-refractivity contribution in [2.24, 2.45) is 5.92 Å². The summed E-state index contributed by atoms with van der Waals surface area (Å²) in [6.07, 6.45) is 4.72. The number of benzene rings is 1. The largest absolute Gasteiger partial charge is 0.461 e. The van der Waals surface area contributed by atoms with Crippen molar-refractivity contribution in [1.29, 1.82) is 0 Å². The molecule has 1 aromatic carbocycles. The van der Waals surface area contributed by atoms with E-state index < -0.39 is 0 Å². The summed E-state index contributed by atoms with van der Waals surface area (Å²) >= 11 is 0. The lowest BCUT2D eigenvalue weighted by Gasteiger charge is -2.32. The summed E-state index contributed by atoms with van der Waals surface area (Å²) in [7, 11) is 2.00. The molecule has 2 aromatic rings. The number of para-hydroxylation sites is 1. The number of likely N-dealkylation sites (tertiary alicyclic amines) is 1. The number of carbonyl (C=O) groups is 1. The number of nitrogens with zero attached hydrogens (tertiary/aromatic N) is 1. The number of aryl methyl sites for hydroxylation is 1. The van der Waals surface area contributed by atoms with E-state index in [0.717, 1.165) is 55.1 Å². The van der Waals surface area contributed by atoms with Crippen LogP contribution in [0.25, 0.3) is 11.0 Å². The van der Waals surface area contributed by atoms with Gasteiger partial charge in [-0.1, -0.05) is 18.2 Å². The van der Waals surface area contributed by atoms with Gasteiger partial charge in [0, 0.05) is 31.3 Å². The molecule has 0 spiro atoms. The summed E-state index contributed by atoms with van der Waals surface area (Å²) in [5.74, 6) is 1.93. The van der Waals surface area contributed by atoms with Gasteiger partial charge >= 0.3 is 0 Å². The first kappa shape index (κ1) is 16.1. The van der Waals surface area contributed by atoms with Gasteiger partial charge in [-0.3, -0.25) is 4.79 Å². The smallest absolute Gasteiger partial charge is 0.223 e. The third-order valence-electron chi connectivity index (χ3n) is 4.83. The molecule has 124 valence electrons. The van der Waals surface area contributed by atoms with Crippen molar-refractivity contribution in [3.8, 4) is 0 Å². The molecule has 4 nitrogen and oxygen atoms in total. The van der Waals surface area contributed by atoms with Crippen molar-refractivity contribution >= 4 is 16.9 Å². The average Bonchev–Trinajstić information content (AvgIpc) is 3.01. The molecule has 0 atom stereocenters. The predicted molar refractivity (Wildman–Crippen MR) is 92.4 cm³/mol. The highest BCUT2D eigenvalue weighted by molar-refractivity contribution is 5.79. The molecule has 1 aliphatic heterocycles. The fraction of sp³-hybridized carbons (Fsp3) is 0.526. The third-order valence-corrected chi connectivity index (χ3v) is 4.83. The number of amides is 1. The maximum absolute atomic E-state index is 12.4. The summed E-state index contributed by atoms with van der Waals surface area (Å²) in [5, 5.41) is 4.32. The molecule has 1 saturated heterocycles. The van der Waals surface area contributed by atoms with E-state index >= 15 is 0 Å². The summed E-state index contributed by atoms with van der Waals surface area (Å²) in [5.41, 5.74) is 0.903. The fourth-order valence-electron chi connectivity index (χ4n) is 3.37. The Labute approximate surface area is 137 Å². The van der Waals surface area contributed by atoms with Crippen molar-refractivity contribution in [2.75, 3.05) is 26.7 Å². The van der Waals surface area contributed by atoms with Crippen molar-refractivity contribution in [2.45, 2.75) is 32.1 Å². The van der Waals surface area contributed by atoms with E-state index in [0.29, 0.717) is 12.8 Å². The van der Waals surface area contributed by atoms with Gasteiger partial charge in [-0.25, -0.2) is 0 Å². The first-order valence-electron chi connectivity index (χ1n) is 8.66. The van der Waals surface area contributed by atoms with E-state index in [9.17, 15) is 4.79 Å². The van der Waals surface area contributed by atoms with E-state index in [4.69, 9.17) is 4.42 Å². The Morgan fingerprint density at radius 3 is 2.83 bits per heavy atom. The summed E-state index contributed by atoms with van der Waals surface area (Å²) in [6.45, 7) is 2.89. The maximum Gasteiger partial charge on any atom is 0.223 e. The average molecular weight is 314 g/mol. The normalized spacial score (nSPS) is 16.1. The van der Waals surface area contributed by atoms with Gasteiger partial charge in [-0.15, -0.1) is 0 Å². The number of hydrogen-bond donors (Lipinski definition) is 1. The van der Waals surface area contributed by atoms with Crippen LogP contribution >= 0.6 is 0 Å². The molecule has 4 heteroatoms. The van der Waals surface area contributed by atoms with E-state index in [2.05, 4.69) is 5.32 Å². The second kappa shape index (κ2) is 7.64. The minimum Gasteiger partial charge on any atom is -0.461 e. The van der Waals surface area contributed by atoms with Gasteiger partial charge < -0.3 is 14.6 Å². The minimum atomic E-state index is 0.262. The first-order chi connectivity index (χ1) is 11.3. The highest BCUT2D eigenvalue weighted by Crippen LogP contribution is 2.22. The molecule has 3 rings (SSSR count). The number of hydrogen-bond acceptors (Lipinski definition) is 3. The van der Waals surface area contributed by atoms with Crippen molar-refractivity contribution in [3.63, 3.8) is 0 Å². The van der Waals surface area contributed by atoms with Crippen LogP contribution in [0.1, 0.15) is 31.4 Å². The van der Waals surface area contributed by atoms with E-state index in [1.165, 1.54) is 6.42 Å². The number of fused-ring (bicyclic) bond motifs is 1. The van der Waals surface area contributed by atoms with E-state index in [1.54, 1.807) is 0 Å². The Bertz CT molecular complexity index is 609. The molecule has 0 unspecified atom stereocenters. The monoisotopic (exact) mass is 314 g/mol. The molecule has 1 aromatic heterocycles. The molecule has 0 aliphatic carbocycles. The summed E-state index contributed by atoms with van der Waals surface area (Å²) in [4.78, 5) is 14.4. The molecule has 0 saturated carbocycles. The molecule has 23 heavy (non-hydrogen) atoms. The molecule has 0 bridgehead atoms. The number of carbonyl (C=O) groups excluding carboxylic acids is 1. The molecular weight excluding hydrogens is 288 g/mol. The van der Waals surface area contributed by atoms with Crippen molar-refractivity contribution < 1.29 is 9.21 Å². The van der Waals surface area contributed by atoms with Gasteiger partial charge in [0.2, 0.25) is 5.91 Å². The van der Waals surface area contributed by atoms with Gasteiger partial charge in [0.15, 0.2) is 0 Å². The van der Waals surface area contributed by atoms with Crippen LogP contribution in [-0.4, -0.2) is 37.5 Å². The molecule has 2 heterocycles. The van der Waals surface area contributed by atoms with Crippen LogP contribution in [0.3, 0.4) is 0 Å². The van der Waals surface area contributed by atoms with Gasteiger partial charge in [0.05, 0.1) is 0 Å². The van der Waals surface area contributed by atoms with E-state index in [-0.39, 0.29) is 5.91 Å². The highest BCUT2D eigenvalue weighted by Gasteiger charge is 2.22. The van der Waals surface area contributed by atoms with Crippen LogP contribution in [0.5, 0.6) is 0 Å². The topological polar surface area (TPSA) is 45.5 Å². The molecule has 1 amide bonds. The van der Waals surface area contributed by atoms with Crippen molar-refractivity contribution in [1.82, 2.24) is 10.2 Å². The van der Waals surface area contributed by atoms with Crippen LogP contribution in [0, 0.1) is 5.92 Å². The van der Waals surface area contributed by atoms with Crippen molar-refractivity contribution in [3.05, 3.63) is 36.1 Å². The Morgan fingerprint density at radius 1 is 1.30 bits per heavy atom. The van der Waals surface area contributed by atoms with Crippen LogP contribution in [0.4, 0.5) is 0 Å². The Balaban J connectivity index is 1.46. The second-order valence-electron chi connectivity index (χ2n) is 6.47. The SMILES string of the molecule is CNCCC1CCN(C(=O)CCc2cc3ccccc3o2)CC1. The molecular formula is C19H26N2O2. The Morgan fingerprint density at radius 2 is 2.09 bits per heavy atom. The third kappa shape index (κ3) is 4.14. The standard InChI is InChI=1S/C19H26N2O2/c1-20-11-8-15-9-12-21(13-10-15)19(22)7-6-17-14-16-4-2-3-5-18(16)23-17/h2-5,14-15,20H,6-13H2,1H3. The van der Waals surface area contributed by atoms with E-state index in [1.807, 2.05) is 42.3 Å². The van der Waals surface area contributed by atoms with Crippen LogP contribution in [0.2, 0.25) is 0 Å². The van der Waals surface area contributed by atoms with Gasteiger partial charge in [-0.2, -0.15) is 0 Å². The molecule has 1 N–H and O–H groups in total. The predicted octanol–water partition coefficient (Wildman–Crippen LogP) is 3.21. The van der Waals surface area contributed by atoms with Gasteiger partial charge in [-0.05, 0) is 50.9 Å². The second-order valence-corrected chi connectivity index (χ2v) is 6.47. The zero-order valence-electron chi connectivity index (χ0n) is 13.9. The fourth-order valence-corrected chi connectivity index (χ4v) is 3.37. The maximum atomic E-state index is 12.4. The molecule has 1 fully saturated rings. The lowest BCUT2D eigenvalue weighted by molar-refractivity contribution is -0.132. The number of rotatable bonds is 6. The van der Waals surface area contributed by atoms with Gasteiger partial charge in [0.1, 0.15) is 11.3 Å². The van der Waals surface area contributed by atoms with Gasteiger partial charge in [0.25, 0.3) is 0 Å². The minimum absolute atomic E-state index is 0.262. The zero-order chi connectivity index (χ0) is 16.1. The highest BCUT2D eigenvalue weighted by atomic mass is 16.3. The number of piperidine rings is 1. The molecule has 0 radical (unpaired) electrons.